The zero-order chi connectivity index (χ0) is 20.5. The van der Waals surface area contributed by atoms with Crippen LogP contribution in [0.2, 0.25) is 0 Å². The van der Waals surface area contributed by atoms with Crippen LogP contribution in [-0.2, 0) is 11.2 Å². The average molecular weight is 395 g/mol. The molecule has 3 heterocycles. The predicted octanol–water partition coefficient (Wildman–Crippen LogP) is 2.83. The Morgan fingerprint density at radius 1 is 1.41 bits per heavy atom. The van der Waals surface area contributed by atoms with Crippen LogP contribution in [0.15, 0.2) is 41.8 Å². The van der Waals surface area contributed by atoms with E-state index in [0.717, 1.165) is 24.9 Å². The Hall–Kier alpha value is -3.29. The number of amides is 1. The summed E-state index contributed by atoms with van der Waals surface area (Å²) >= 11 is 0. The van der Waals surface area contributed by atoms with Crippen LogP contribution in [0.3, 0.4) is 0 Å². The van der Waals surface area contributed by atoms with E-state index in [1.165, 1.54) is 6.20 Å². The summed E-state index contributed by atoms with van der Waals surface area (Å²) in [5.41, 5.74) is 1.46. The summed E-state index contributed by atoms with van der Waals surface area (Å²) in [4.78, 5) is 33.5. The number of piperidine rings is 1. The molecule has 1 N–H and O–H groups in total. The fraction of sp³-hybridized carbons (Fsp3) is 0.333. The van der Waals surface area contributed by atoms with E-state index in [1.807, 2.05) is 6.07 Å². The molecule has 8 heteroatoms. The lowest BCUT2D eigenvalue weighted by molar-refractivity contribution is -0.130. The Kier molecular flexibility index (Phi) is 5.00. The number of carbonyl (C=O) groups excluding carboxylic acids is 1. The number of aromatic amines is 1. The Balaban J connectivity index is 1.68. The van der Waals surface area contributed by atoms with Crippen molar-refractivity contribution in [3.05, 3.63) is 64.3 Å². The largest absolute Gasteiger partial charge is 0.341 e. The molecule has 0 spiro atoms. The molecule has 1 aromatic carbocycles. The van der Waals surface area contributed by atoms with Gasteiger partial charge in [-0.25, -0.2) is 14.1 Å². The lowest BCUT2D eigenvalue weighted by Crippen LogP contribution is -2.39. The molecule has 4 rings (SSSR count). The molecule has 1 saturated heterocycles. The monoisotopic (exact) mass is 395 g/mol. The Labute approximate surface area is 166 Å². The minimum absolute atomic E-state index is 0.0227. The number of H-pyrrole nitrogens is 1. The summed E-state index contributed by atoms with van der Waals surface area (Å²) in [6.45, 7) is 6.17. The molecule has 1 unspecified atom stereocenters. The molecule has 29 heavy (non-hydrogen) atoms. The van der Waals surface area contributed by atoms with E-state index >= 15 is 0 Å². The Bertz CT molecular complexity index is 1150. The maximum atomic E-state index is 13.4. The zero-order valence-electron chi connectivity index (χ0n) is 16.2. The zero-order valence-corrected chi connectivity index (χ0v) is 16.2. The standard InChI is InChI=1S/C21H22FN5O2/c1-13(22)16-6-3-5-15(9-16)10-19-24-20-18(21(29)25-19)11-23-27(20)17-7-4-8-26(12-17)14(2)28/h3,5-6,9,11,17H,1,4,7-8,10,12H2,2H3,(H,24,25,29). The second-order valence-corrected chi connectivity index (χ2v) is 7.38. The first-order valence-electron chi connectivity index (χ1n) is 9.58. The van der Waals surface area contributed by atoms with Crippen LogP contribution in [0.5, 0.6) is 0 Å². The van der Waals surface area contributed by atoms with E-state index in [1.54, 1.807) is 34.7 Å². The molecular formula is C21H22FN5O2. The van der Waals surface area contributed by atoms with Gasteiger partial charge >= 0.3 is 0 Å². The molecule has 1 atom stereocenters. The van der Waals surface area contributed by atoms with Crippen LogP contribution in [0.25, 0.3) is 16.9 Å². The van der Waals surface area contributed by atoms with Crippen molar-refractivity contribution in [3.63, 3.8) is 0 Å². The second kappa shape index (κ2) is 7.62. The van der Waals surface area contributed by atoms with Gasteiger partial charge in [-0.15, -0.1) is 0 Å². The van der Waals surface area contributed by atoms with Crippen LogP contribution in [0.4, 0.5) is 4.39 Å². The molecular weight excluding hydrogens is 373 g/mol. The summed E-state index contributed by atoms with van der Waals surface area (Å²) in [7, 11) is 0. The number of nitrogens with zero attached hydrogens (tertiary/aromatic N) is 4. The first kappa shape index (κ1) is 19.0. The van der Waals surface area contributed by atoms with Gasteiger partial charge in [-0.05, 0) is 24.5 Å². The Morgan fingerprint density at radius 3 is 3.00 bits per heavy atom. The molecule has 2 aromatic heterocycles. The van der Waals surface area contributed by atoms with E-state index in [9.17, 15) is 14.0 Å². The van der Waals surface area contributed by atoms with Gasteiger partial charge in [0.15, 0.2) is 5.65 Å². The highest BCUT2D eigenvalue weighted by atomic mass is 19.1. The maximum Gasteiger partial charge on any atom is 0.262 e. The second-order valence-electron chi connectivity index (χ2n) is 7.38. The molecule has 1 aliphatic rings. The number of rotatable bonds is 4. The van der Waals surface area contributed by atoms with Crippen molar-refractivity contribution in [2.45, 2.75) is 32.2 Å². The molecule has 0 bridgehead atoms. The van der Waals surface area contributed by atoms with E-state index in [2.05, 4.69) is 21.6 Å². The van der Waals surface area contributed by atoms with Crippen molar-refractivity contribution in [1.82, 2.24) is 24.6 Å². The maximum absolute atomic E-state index is 13.4. The lowest BCUT2D eigenvalue weighted by Gasteiger charge is -2.32. The van der Waals surface area contributed by atoms with Gasteiger partial charge in [-0.3, -0.25) is 9.59 Å². The third-order valence-electron chi connectivity index (χ3n) is 5.31. The van der Waals surface area contributed by atoms with Crippen molar-refractivity contribution < 1.29 is 9.18 Å². The fourth-order valence-electron chi connectivity index (χ4n) is 3.82. The number of fused-ring (bicyclic) bond motifs is 1. The lowest BCUT2D eigenvalue weighted by atomic mass is 10.1. The molecule has 1 aliphatic heterocycles. The van der Waals surface area contributed by atoms with Crippen LogP contribution in [0, 0.1) is 0 Å². The van der Waals surface area contributed by atoms with Gasteiger partial charge in [0.05, 0.1) is 12.2 Å². The van der Waals surface area contributed by atoms with Crippen molar-refractivity contribution in [1.29, 1.82) is 0 Å². The molecule has 0 aliphatic carbocycles. The van der Waals surface area contributed by atoms with Crippen LogP contribution in [0.1, 0.15) is 42.8 Å². The smallest absolute Gasteiger partial charge is 0.262 e. The third kappa shape index (κ3) is 3.83. The van der Waals surface area contributed by atoms with Crippen molar-refractivity contribution in [2.24, 2.45) is 0 Å². The molecule has 7 nitrogen and oxygen atoms in total. The molecule has 3 aromatic rings. The van der Waals surface area contributed by atoms with Gasteiger partial charge in [0.25, 0.3) is 5.56 Å². The SMILES string of the molecule is C=C(F)c1cccc(Cc2nc3c(cnn3C3CCCN(C(C)=O)C3)c(=O)[nH]2)c1. The summed E-state index contributed by atoms with van der Waals surface area (Å²) in [6, 6.07) is 6.90. The van der Waals surface area contributed by atoms with Gasteiger partial charge in [-0.2, -0.15) is 5.10 Å². The first-order chi connectivity index (χ1) is 13.9. The highest BCUT2D eigenvalue weighted by molar-refractivity contribution is 5.74. The number of hydrogen-bond acceptors (Lipinski definition) is 4. The number of halogens is 1. The number of carbonyl (C=O) groups is 1. The van der Waals surface area contributed by atoms with Gasteiger partial charge < -0.3 is 9.88 Å². The topological polar surface area (TPSA) is 83.9 Å². The number of benzene rings is 1. The minimum atomic E-state index is -0.505. The number of hydrogen-bond donors (Lipinski definition) is 1. The molecule has 0 saturated carbocycles. The number of aromatic nitrogens is 4. The van der Waals surface area contributed by atoms with Crippen LogP contribution in [-0.4, -0.2) is 43.6 Å². The van der Waals surface area contributed by atoms with Crippen molar-refractivity contribution in [3.8, 4) is 0 Å². The molecule has 1 amide bonds. The number of likely N-dealkylation sites (tertiary alicyclic amines) is 1. The highest BCUT2D eigenvalue weighted by Gasteiger charge is 2.25. The van der Waals surface area contributed by atoms with E-state index in [4.69, 9.17) is 0 Å². The van der Waals surface area contributed by atoms with Gasteiger partial charge in [-0.1, -0.05) is 24.8 Å². The minimum Gasteiger partial charge on any atom is -0.341 e. The van der Waals surface area contributed by atoms with Gasteiger partial charge in [0.1, 0.15) is 17.0 Å². The van der Waals surface area contributed by atoms with Crippen molar-refractivity contribution in [2.75, 3.05) is 13.1 Å². The predicted molar refractivity (Wildman–Crippen MR) is 108 cm³/mol. The molecule has 1 fully saturated rings. The number of nitrogens with one attached hydrogen (secondary N) is 1. The normalized spacial score (nSPS) is 16.9. The third-order valence-corrected chi connectivity index (χ3v) is 5.31. The van der Waals surface area contributed by atoms with E-state index < -0.39 is 5.83 Å². The molecule has 0 radical (unpaired) electrons. The average Bonchev–Trinajstić information content (AvgIpc) is 3.13. The van der Waals surface area contributed by atoms with Crippen LogP contribution >= 0.6 is 0 Å². The summed E-state index contributed by atoms with van der Waals surface area (Å²) in [5, 5.41) is 4.81. The highest BCUT2D eigenvalue weighted by Crippen LogP contribution is 2.24. The molecule has 150 valence electrons. The fourth-order valence-corrected chi connectivity index (χ4v) is 3.82. The van der Waals surface area contributed by atoms with Gasteiger partial charge in [0.2, 0.25) is 5.91 Å². The summed E-state index contributed by atoms with van der Waals surface area (Å²) in [6.07, 6.45) is 3.61. The first-order valence-corrected chi connectivity index (χ1v) is 9.58. The summed E-state index contributed by atoms with van der Waals surface area (Å²) in [5.74, 6) is 0.00579. The van der Waals surface area contributed by atoms with E-state index in [0.29, 0.717) is 35.4 Å². The van der Waals surface area contributed by atoms with Gasteiger partial charge in [0, 0.05) is 32.0 Å². The Morgan fingerprint density at radius 2 is 2.24 bits per heavy atom. The summed E-state index contributed by atoms with van der Waals surface area (Å²) < 4.78 is 15.2. The van der Waals surface area contributed by atoms with Crippen molar-refractivity contribution >= 4 is 22.8 Å². The van der Waals surface area contributed by atoms with Crippen LogP contribution < -0.4 is 5.56 Å². The quantitative estimate of drug-likeness (QED) is 0.736. The van der Waals surface area contributed by atoms with E-state index in [-0.39, 0.29) is 17.5 Å².